The number of rotatable bonds is 5. The molecular formula is C10H13NO4S. The van der Waals surface area contributed by atoms with E-state index >= 15 is 0 Å². The van der Waals surface area contributed by atoms with Gasteiger partial charge in [-0.2, -0.15) is 0 Å². The second-order valence-electron chi connectivity index (χ2n) is 3.16. The quantitative estimate of drug-likeness (QED) is 0.786. The van der Waals surface area contributed by atoms with Crippen LogP contribution in [-0.2, 0) is 14.9 Å². The average Bonchev–Trinajstić information content (AvgIpc) is 2.27. The van der Waals surface area contributed by atoms with Crippen molar-refractivity contribution in [3.63, 3.8) is 0 Å². The third kappa shape index (κ3) is 4.00. The molecule has 0 saturated heterocycles. The zero-order chi connectivity index (χ0) is 12.0. The first-order valence-corrected chi connectivity index (χ1v) is 6.46. The van der Waals surface area contributed by atoms with Gasteiger partial charge < -0.3 is 4.84 Å². The largest absolute Gasteiger partial charge is 0.357 e. The van der Waals surface area contributed by atoms with Crippen LogP contribution in [0.25, 0.3) is 0 Å². The van der Waals surface area contributed by atoms with Crippen LogP contribution in [0.5, 0.6) is 0 Å². The van der Waals surface area contributed by atoms with Gasteiger partial charge in [0.15, 0.2) is 0 Å². The van der Waals surface area contributed by atoms with Gasteiger partial charge in [-0.25, -0.2) is 13.2 Å². The minimum Gasteiger partial charge on any atom is -0.351 e. The fourth-order valence-electron chi connectivity index (χ4n) is 1.04. The summed E-state index contributed by atoms with van der Waals surface area (Å²) in [5.74, 6) is -0.796. The van der Waals surface area contributed by atoms with E-state index in [1.54, 1.807) is 30.0 Å². The average molecular weight is 243 g/mol. The topological polar surface area (TPSA) is 72.5 Å². The number of carbonyl (C=O) groups excluding carboxylic acids is 1. The van der Waals surface area contributed by atoms with Crippen molar-refractivity contribution < 1.29 is 18.0 Å². The van der Waals surface area contributed by atoms with Crippen LogP contribution in [0.2, 0.25) is 0 Å². The molecule has 6 heteroatoms. The molecule has 0 aliphatic carbocycles. The summed E-state index contributed by atoms with van der Waals surface area (Å²) in [4.78, 5) is 17.6. The van der Waals surface area contributed by atoms with Crippen molar-refractivity contribution in [1.82, 2.24) is 4.89 Å². The molecule has 0 fully saturated rings. The highest BCUT2D eigenvalue weighted by atomic mass is 32.2. The molecule has 0 spiro atoms. The number of hydrogen-bond acceptors (Lipinski definition) is 4. The normalized spacial score (nSPS) is 11.1. The molecule has 0 bridgehead atoms. The highest BCUT2D eigenvalue weighted by Gasteiger charge is 2.13. The summed E-state index contributed by atoms with van der Waals surface area (Å²) in [5, 5.41) is 0. The lowest BCUT2D eigenvalue weighted by Crippen LogP contribution is -2.29. The molecule has 1 aromatic carbocycles. The SMILES string of the molecule is CCCS(=O)(=O)NOC(=O)c1ccccc1. The molecule has 5 nitrogen and oxygen atoms in total. The molecule has 0 saturated carbocycles. The fourth-order valence-corrected chi connectivity index (χ4v) is 1.87. The van der Waals surface area contributed by atoms with Crippen LogP contribution in [0.4, 0.5) is 0 Å². The summed E-state index contributed by atoms with van der Waals surface area (Å²) in [5.41, 5.74) is 0.293. The second kappa shape index (κ2) is 5.62. The predicted octanol–water partition coefficient (Wildman–Crippen LogP) is 1.09. The Kier molecular flexibility index (Phi) is 4.45. The lowest BCUT2D eigenvalue weighted by atomic mass is 10.2. The maximum Gasteiger partial charge on any atom is 0.357 e. The smallest absolute Gasteiger partial charge is 0.351 e. The molecule has 0 aliphatic rings. The first-order chi connectivity index (χ1) is 7.55. The number of nitrogens with one attached hydrogen (secondary N) is 1. The van der Waals surface area contributed by atoms with E-state index in [1.807, 2.05) is 0 Å². The van der Waals surface area contributed by atoms with E-state index in [2.05, 4.69) is 4.84 Å². The predicted molar refractivity (Wildman–Crippen MR) is 59.1 cm³/mol. The van der Waals surface area contributed by atoms with E-state index in [4.69, 9.17) is 0 Å². The Morgan fingerprint density at radius 2 is 1.94 bits per heavy atom. The molecule has 16 heavy (non-hydrogen) atoms. The first-order valence-electron chi connectivity index (χ1n) is 4.81. The molecule has 0 unspecified atom stereocenters. The van der Waals surface area contributed by atoms with Crippen LogP contribution in [-0.4, -0.2) is 20.1 Å². The van der Waals surface area contributed by atoms with Crippen molar-refractivity contribution in [2.45, 2.75) is 13.3 Å². The van der Waals surface area contributed by atoms with Crippen molar-refractivity contribution in [1.29, 1.82) is 0 Å². The molecule has 0 atom stereocenters. The van der Waals surface area contributed by atoms with Gasteiger partial charge in [-0.15, -0.1) is 0 Å². The van der Waals surface area contributed by atoms with Crippen LogP contribution < -0.4 is 4.89 Å². The zero-order valence-corrected chi connectivity index (χ0v) is 9.66. The van der Waals surface area contributed by atoms with E-state index in [0.717, 1.165) is 0 Å². The van der Waals surface area contributed by atoms with E-state index in [-0.39, 0.29) is 5.75 Å². The monoisotopic (exact) mass is 243 g/mol. The summed E-state index contributed by atoms with van der Waals surface area (Å²) in [6, 6.07) is 8.15. The van der Waals surface area contributed by atoms with Crippen LogP contribution >= 0.6 is 0 Å². The second-order valence-corrected chi connectivity index (χ2v) is 4.96. The standard InChI is InChI=1S/C10H13NO4S/c1-2-8-16(13,14)11-15-10(12)9-6-4-3-5-7-9/h3-7,11H,2,8H2,1H3. The molecule has 0 aromatic heterocycles. The van der Waals surface area contributed by atoms with Crippen LogP contribution in [0.3, 0.4) is 0 Å². The zero-order valence-electron chi connectivity index (χ0n) is 8.84. The first kappa shape index (κ1) is 12.7. The van der Waals surface area contributed by atoms with Gasteiger partial charge in [0.05, 0.1) is 11.3 Å². The Hall–Kier alpha value is -1.40. The fraction of sp³-hybridized carbons (Fsp3) is 0.300. The Balaban J connectivity index is 2.54. The molecule has 0 radical (unpaired) electrons. The van der Waals surface area contributed by atoms with Crippen LogP contribution in [0.15, 0.2) is 30.3 Å². The van der Waals surface area contributed by atoms with Gasteiger partial charge in [0, 0.05) is 0 Å². The van der Waals surface area contributed by atoms with Crippen molar-refractivity contribution in [2.75, 3.05) is 5.75 Å². The van der Waals surface area contributed by atoms with Crippen molar-refractivity contribution in [3.8, 4) is 0 Å². The molecule has 0 heterocycles. The molecular weight excluding hydrogens is 230 g/mol. The number of hydrogen-bond donors (Lipinski definition) is 1. The number of sulfonamides is 1. The van der Waals surface area contributed by atoms with E-state index in [9.17, 15) is 13.2 Å². The summed E-state index contributed by atoms with van der Waals surface area (Å²) >= 11 is 0. The summed E-state index contributed by atoms with van der Waals surface area (Å²) in [6.45, 7) is 1.72. The van der Waals surface area contributed by atoms with Gasteiger partial charge in [-0.1, -0.05) is 25.1 Å². The van der Waals surface area contributed by atoms with E-state index < -0.39 is 16.0 Å². The Morgan fingerprint density at radius 1 is 1.31 bits per heavy atom. The lowest BCUT2D eigenvalue weighted by molar-refractivity contribution is 0.0407. The molecule has 0 amide bonds. The summed E-state index contributed by atoms with van der Waals surface area (Å²) in [7, 11) is -3.53. The van der Waals surface area contributed by atoms with Crippen molar-refractivity contribution in [2.24, 2.45) is 0 Å². The summed E-state index contributed by atoms with van der Waals surface area (Å²) < 4.78 is 22.4. The van der Waals surface area contributed by atoms with Gasteiger partial charge in [0.25, 0.3) is 0 Å². The Morgan fingerprint density at radius 3 is 2.50 bits per heavy atom. The minimum absolute atomic E-state index is 0.0743. The molecule has 0 aliphatic heterocycles. The van der Waals surface area contributed by atoms with Gasteiger partial charge in [0.2, 0.25) is 10.0 Å². The molecule has 88 valence electrons. The van der Waals surface area contributed by atoms with Crippen LogP contribution in [0, 0.1) is 0 Å². The third-order valence-corrected chi connectivity index (χ3v) is 3.03. The van der Waals surface area contributed by atoms with Gasteiger partial charge in [-0.05, 0) is 23.4 Å². The number of carbonyl (C=O) groups is 1. The Bertz CT molecular complexity index is 441. The Labute approximate surface area is 94.4 Å². The van der Waals surface area contributed by atoms with Crippen LogP contribution in [0.1, 0.15) is 23.7 Å². The lowest BCUT2D eigenvalue weighted by Gasteiger charge is -2.05. The third-order valence-electron chi connectivity index (χ3n) is 1.74. The minimum atomic E-state index is -3.53. The number of benzene rings is 1. The summed E-state index contributed by atoms with van der Waals surface area (Å²) in [6.07, 6.45) is 0.457. The molecule has 1 aromatic rings. The van der Waals surface area contributed by atoms with E-state index in [1.165, 1.54) is 12.1 Å². The van der Waals surface area contributed by atoms with E-state index in [0.29, 0.717) is 12.0 Å². The highest BCUT2D eigenvalue weighted by Crippen LogP contribution is 2.00. The van der Waals surface area contributed by atoms with Gasteiger partial charge in [-0.3, -0.25) is 0 Å². The van der Waals surface area contributed by atoms with Crippen molar-refractivity contribution >= 4 is 16.0 Å². The highest BCUT2D eigenvalue weighted by molar-refractivity contribution is 7.89. The maximum atomic E-state index is 11.3. The van der Waals surface area contributed by atoms with Crippen molar-refractivity contribution in [3.05, 3.63) is 35.9 Å². The molecule has 1 rings (SSSR count). The molecule has 1 N–H and O–H groups in total. The van der Waals surface area contributed by atoms with Gasteiger partial charge in [0.1, 0.15) is 0 Å². The maximum absolute atomic E-state index is 11.3. The van der Waals surface area contributed by atoms with Gasteiger partial charge >= 0.3 is 5.97 Å².